The van der Waals surface area contributed by atoms with Gasteiger partial charge in [-0.05, 0) is 48.4 Å². The first-order chi connectivity index (χ1) is 10.1. The smallest absolute Gasteiger partial charge is 0.138 e. The van der Waals surface area contributed by atoms with E-state index in [2.05, 4.69) is 11.8 Å². The molecule has 4 heteroatoms. The summed E-state index contributed by atoms with van der Waals surface area (Å²) in [6.45, 7) is 1.91. The van der Waals surface area contributed by atoms with Crippen LogP contribution >= 0.6 is 11.6 Å². The third kappa shape index (κ3) is 4.22. The van der Waals surface area contributed by atoms with Crippen LogP contribution in [-0.4, -0.2) is 11.7 Å². The predicted octanol–water partition coefficient (Wildman–Crippen LogP) is 3.71. The summed E-state index contributed by atoms with van der Waals surface area (Å²) in [5.74, 6) is 5.32. The molecular formula is C17H14ClFO2. The number of aliphatic hydroxyl groups is 1. The molecule has 0 saturated carbocycles. The third-order valence-electron chi connectivity index (χ3n) is 2.86. The van der Waals surface area contributed by atoms with Gasteiger partial charge in [0.1, 0.15) is 24.8 Å². The summed E-state index contributed by atoms with van der Waals surface area (Å²) in [5.41, 5.74) is 1.98. The average molecular weight is 305 g/mol. The second-order valence-corrected chi connectivity index (χ2v) is 4.91. The minimum Gasteiger partial charge on any atom is -0.489 e. The number of rotatable bonds is 3. The van der Waals surface area contributed by atoms with Crippen LogP contribution in [0.2, 0.25) is 5.02 Å². The molecular weight excluding hydrogens is 291 g/mol. The van der Waals surface area contributed by atoms with Crippen molar-refractivity contribution in [1.82, 2.24) is 0 Å². The zero-order valence-corrected chi connectivity index (χ0v) is 12.2. The van der Waals surface area contributed by atoms with Gasteiger partial charge in [-0.1, -0.05) is 29.5 Å². The van der Waals surface area contributed by atoms with E-state index in [-0.39, 0.29) is 12.2 Å². The van der Waals surface area contributed by atoms with Crippen LogP contribution in [0.25, 0.3) is 0 Å². The lowest BCUT2D eigenvalue weighted by atomic mass is 10.1. The van der Waals surface area contributed by atoms with Crippen molar-refractivity contribution in [2.24, 2.45) is 0 Å². The van der Waals surface area contributed by atoms with Gasteiger partial charge in [-0.15, -0.1) is 0 Å². The van der Waals surface area contributed by atoms with E-state index < -0.39 is 5.82 Å². The van der Waals surface area contributed by atoms with Crippen molar-refractivity contribution in [3.63, 3.8) is 0 Å². The number of benzene rings is 2. The lowest BCUT2D eigenvalue weighted by molar-refractivity contribution is 0.304. The summed E-state index contributed by atoms with van der Waals surface area (Å²) in [6.07, 6.45) is 0. The van der Waals surface area contributed by atoms with Gasteiger partial charge in [0, 0.05) is 5.02 Å². The Balaban J connectivity index is 2.13. The van der Waals surface area contributed by atoms with E-state index in [0.717, 1.165) is 16.9 Å². The number of ether oxygens (including phenoxy) is 1. The van der Waals surface area contributed by atoms with Crippen LogP contribution in [0.1, 0.15) is 16.7 Å². The lowest BCUT2D eigenvalue weighted by Gasteiger charge is -2.10. The molecule has 0 aromatic heterocycles. The molecule has 0 aliphatic rings. The fraction of sp³-hybridized carbons (Fsp3) is 0.176. The van der Waals surface area contributed by atoms with Crippen molar-refractivity contribution in [3.8, 4) is 17.6 Å². The highest BCUT2D eigenvalue weighted by molar-refractivity contribution is 6.30. The Kier molecular flexibility index (Phi) is 5.21. The van der Waals surface area contributed by atoms with Crippen LogP contribution in [0.3, 0.4) is 0 Å². The topological polar surface area (TPSA) is 29.5 Å². The third-order valence-corrected chi connectivity index (χ3v) is 3.10. The molecule has 21 heavy (non-hydrogen) atoms. The molecule has 2 aromatic carbocycles. The molecule has 0 unspecified atom stereocenters. The summed E-state index contributed by atoms with van der Waals surface area (Å²) in [6, 6.07) is 9.98. The average Bonchev–Trinajstić information content (AvgIpc) is 2.46. The van der Waals surface area contributed by atoms with Crippen molar-refractivity contribution in [2.75, 3.05) is 6.61 Å². The maximum absolute atomic E-state index is 13.5. The molecule has 0 saturated heterocycles. The maximum atomic E-state index is 13.5. The number of halogens is 2. The molecule has 0 heterocycles. The Hall–Kier alpha value is -2.02. The molecule has 2 nitrogen and oxygen atoms in total. The molecule has 2 rings (SSSR count). The quantitative estimate of drug-likeness (QED) is 0.876. The Bertz CT molecular complexity index is 702. The highest BCUT2D eigenvalue weighted by atomic mass is 35.5. The van der Waals surface area contributed by atoms with Gasteiger partial charge >= 0.3 is 0 Å². The van der Waals surface area contributed by atoms with Crippen LogP contribution < -0.4 is 4.74 Å². The molecule has 108 valence electrons. The fourth-order valence-corrected chi connectivity index (χ4v) is 2.06. The number of hydrogen-bond donors (Lipinski definition) is 1. The predicted molar refractivity (Wildman–Crippen MR) is 80.9 cm³/mol. The Labute approximate surface area is 128 Å². The zero-order chi connectivity index (χ0) is 15.2. The maximum Gasteiger partial charge on any atom is 0.138 e. The van der Waals surface area contributed by atoms with E-state index in [9.17, 15) is 4.39 Å². The largest absolute Gasteiger partial charge is 0.489 e. The monoisotopic (exact) mass is 304 g/mol. The Morgan fingerprint density at radius 3 is 2.76 bits per heavy atom. The SMILES string of the molecule is Cc1cc(Cl)ccc1OCc1ccc(F)c(C#CCO)c1. The van der Waals surface area contributed by atoms with Crippen LogP contribution in [0.4, 0.5) is 4.39 Å². The van der Waals surface area contributed by atoms with Crippen molar-refractivity contribution >= 4 is 11.6 Å². The zero-order valence-electron chi connectivity index (χ0n) is 11.5. The summed E-state index contributed by atoms with van der Waals surface area (Å²) >= 11 is 5.89. The van der Waals surface area contributed by atoms with Gasteiger partial charge in [0.05, 0.1) is 5.56 Å². The highest BCUT2D eigenvalue weighted by Crippen LogP contribution is 2.23. The highest BCUT2D eigenvalue weighted by Gasteiger charge is 2.04. The van der Waals surface area contributed by atoms with Gasteiger partial charge < -0.3 is 9.84 Å². The molecule has 0 aliphatic carbocycles. The van der Waals surface area contributed by atoms with Crippen molar-refractivity contribution in [3.05, 3.63) is 63.9 Å². The molecule has 0 bridgehead atoms. The second-order valence-electron chi connectivity index (χ2n) is 4.47. The molecule has 0 fully saturated rings. The normalized spacial score (nSPS) is 9.90. The van der Waals surface area contributed by atoms with Gasteiger partial charge in [-0.25, -0.2) is 4.39 Å². The van der Waals surface area contributed by atoms with E-state index in [1.165, 1.54) is 6.07 Å². The van der Waals surface area contributed by atoms with Crippen LogP contribution in [0.5, 0.6) is 5.75 Å². The molecule has 2 aromatic rings. The van der Waals surface area contributed by atoms with E-state index in [1.54, 1.807) is 24.3 Å². The molecule has 0 amide bonds. The molecule has 0 atom stereocenters. The number of aliphatic hydroxyl groups excluding tert-OH is 1. The van der Waals surface area contributed by atoms with Gasteiger partial charge in [0.2, 0.25) is 0 Å². The van der Waals surface area contributed by atoms with E-state index >= 15 is 0 Å². The molecule has 0 spiro atoms. The van der Waals surface area contributed by atoms with Gasteiger partial charge in [0.15, 0.2) is 0 Å². The second kappa shape index (κ2) is 7.12. The molecule has 0 radical (unpaired) electrons. The number of hydrogen-bond acceptors (Lipinski definition) is 2. The fourth-order valence-electron chi connectivity index (χ4n) is 1.83. The van der Waals surface area contributed by atoms with Crippen LogP contribution in [0, 0.1) is 24.6 Å². The molecule has 1 N–H and O–H groups in total. The first-order valence-electron chi connectivity index (χ1n) is 6.37. The van der Waals surface area contributed by atoms with Crippen molar-refractivity contribution in [1.29, 1.82) is 0 Å². The molecule has 0 aliphatic heterocycles. The summed E-state index contributed by atoms with van der Waals surface area (Å²) in [4.78, 5) is 0. The first kappa shape index (κ1) is 15.4. The summed E-state index contributed by atoms with van der Waals surface area (Å²) in [7, 11) is 0. The van der Waals surface area contributed by atoms with Crippen molar-refractivity contribution < 1.29 is 14.2 Å². The number of aryl methyl sites for hydroxylation is 1. The van der Waals surface area contributed by atoms with E-state index in [4.69, 9.17) is 21.4 Å². The Morgan fingerprint density at radius 1 is 1.24 bits per heavy atom. The van der Waals surface area contributed by atoms with E-state index in [1.807, 2.05) is 13.0 Å². The first-order valence-corrected chi connectivity index (χ1v) is 6.75. The van der Waals surface area contributed by atoms with E-state index in [0.29, 0.717) is 11.6 Å². The summed E-state index contributed by atoms with van der Waals surface area (Å²) in [5, 5.41) is 9.32. The minimum absolute atomic E-state index is 0.248. The standard InChI is InChI=1S/C17H14ClFO2/c1-12-9-15(18)5-7-17(12)21-11-13-4-6-16(19)14(10-13)3-2-8-20/h4-7,9-10,20H,8,11H2,1H3. The lowest BCUT2D eigenvalue weighted by Crippen LogP contribution is -1.98. The van der Waals surface area contributed by atoms with Crippen LogP contribution in [-0.2, 0) is 6.61 Å². The van der Waals surface area contributed by atoms with Gasteiger partial charge in [-0.3, -0.25) is 0 Å². The van der Waals surface area contributed by atoms with Gasteiger partial charge in [0.25, 0.3) is 0 Å². The van der Waals surface area contributed by atoms with Gasteiger partial charge in [-0.2, -0.15) is 0 Å². The Morgan fingerprint density at radius 2 is 2.05 bits per heavy atom. The minimum atomic E-state index is -0.414. The van der Waals surface area contributed by atoms with Crippen LogP contribution in [0.15, 0.2) is 36.4 Å². The van der Waals surface area contributed by atoms with Crippen molar-refractivity contribution in [2.45, 2.75) is 13.5 Å². The summed E-state index contributed by atoms with van der Waals surface area (Å²) < 4.78 is 19.2.